The van der Waals surface area contributed by atoms with Crippen LogP contribution in [0.3, 0.4) is 0 Å². The van der Waals surface area contributed by atoms with Crippen LogP contribution in [-0.4, -0.2) is 50.2 Å². The molecule has 22 heavy (non-hydrogen) atoms. The second-order valence-electron chi connectivity index (χ2n) is 6.11. The zero-order valence-corrected chi connectivity index (χ0v) is 13.6. The van der Waals surface area contributed by atoms with Crippen LogP contribution in [0.4, 0.5) is 5.69 Å². The lowest BCUT2D eigenvalue weighted by molar-refractivity contribution is -0.133. The Morgan fingerprint density at radius 3 is 2.59 bits per heavy atom. The predicted octanol–water partition coefficient (Wildman–Crippen LogP) is 2.81. The van der Waals surface area contributed by atoms with E-state index in [1.165, 1.54) is 0 Å². The predicted molar refractivity (Wildman–Crippen MR) is 88.4 cm³/mol. The Hall–Kier alpha value is -1.26. The molecule has 0 unspecified atom stereocenters. The highest BCUT2D eigenvalue weighted by molar-refractivity contribution is 6.30. The van der Waals surface area contributed by atoms with Crippen molar-refractivity contribution in [3.63, 3.8) is 0 Å². The summed E-state index contributed by atoms with van der Waals surface area (Å²) in [5.74, 6) is 0.810. The standard InChI is InChI=1S/C17H23ClN2O2/c18-15-2-1-3-16(13-15)19-6-8-20(9-7-19)17(21)12-14-4-10-22-11-5-14/h1-3,13-14H,4-12H2. The molecule has 0 spiro atoms. The van der Waals surface area contributed by atoms with Crippen LogP contribution in [0.1, 0.15) is 19.3 Å². The number of carbonyl (C=O) groups is 1. The second kappa shape index (κ2) is 7.34. The molecule has 2 fully saturated rings. The summed E-state index contributed by atoms with van der Waals surface area (Å²) in [4.78, 5) is 16.7. The fraction of sp³-hybridized carbons (Fsp3) is 0.588. The average molecular weight is 323 g/mol. The zero-order chi connectivity index (χ0) is 15.4. The third-order valence-electron chi connectivity index (χ3n) is 4.61. The van der Waals surface area contributed by atoms with Gasteiger partial charge in [0.25, 0.3) is 0 Å². The first-order chi connectivity index (χ1) is 10.7. The van der Waals surface area contributed by atoms with E-state index in [-0.39, 0.29) is 0 Å². The first kappa shape index (κ1) is 15.6. The van der Waals surface area contributed by atoms with Crippen molar-refractivity contribution in [1.29, 1.82) is 0 Å². The average Bonchev–Trinajstić information content (AvgIpc) is 2.56. The molecule has 0 aromatic heterocycles. The van der Waals surface area contributed by atoms with E-state index in [0.29, 0.717) is 18.2 Å². The molecule has 0 radical (unpaired) electrons. The summed E-state index contributed by atoms with van der Waals surface area (Å²) in [6.45, 7) is 4.96. The molecule has 1 aromatic rings. The maximum absolute atomic E-state index is 12.4. The Bertz CT molecular complexity index is 509. The number of anilines is 1. The minimum atomic E-state index is 0.303. The van der Waals surface area contributed by atoms with Crippen molar-refractivity contribution in [2.75, 3.05) is 44.3 Å². The van der Waals surface area contributed by atoms with Crippen molar-refractivity contribution in [1.82, 2.24) is 4.90 Å². The van der Waals surface area contributed by atoms with Crippen molar-refractivity contribution in [2.24, 2.45) is 5.92 Å². The van der Waals surface area contributed by atoms with Crippen LogP contribution in [0.2, 0.25) is 5.02 Å². The number of halogens is 1. The van der Waals surface area contributed by atoms with Crippen LogP contribution in [0.15, 0.2) is 24.3 Å². The molecular formula is C17H23ClN2O2. The molecule has 0 aliphatic carbocycles. The molecule has 4 nitrogen and oxygen atoms in total. The number of nitrogens with zero attached hydrogens (tertiary/aromatic N) is 2. The molecule has 2 aliphatic rings. The number of benzene rings is 1. The van der Waals surface area contributed by atoms with E-state index in [0.717, 1.165) is 62.9 Å². The SMILES string of the molecule is O=C(CC1CCOCC1)N1CCN(c2cccc(Cl)c2)CC1. The molecule has 2 saturated heterocycles. The van der Waals surface area contributed by atoms with Gasteiger partial charge in [-0.15, -0.1) is 0 Å². The van der Waals surface area contributed by atoms with Gasteiger partial charge >= 0.3 is 0 Å². The minimum Gasteiger partial charge on any atom is -0.381 e. The van der Waals surface area contributed by atoms with Gasteiger partial charge in [0.05, 0.1) is 0 Å². The first-order valence-electron chi connectivity index (χ1n) is 8.08. The Morgan fingerprint density at radius 1 is 1.18 bits per heavy atom. The van der Waals surface area contributed by atoms with Crippen LogP contribution in [0.25, 0.3) is 0 Å². The molecule has 1 aromatic carbocycles. The molecule has 2 heterocycles. The van der Waals surface area contributed by atoms with Crippen LogP contribution in [0, 0.1) is 5.92 Å². The van der Waals surface area contributed by atoms with Gasteiger partial charge < -0.3 is 14.5 Å². The van der Waals surface area contributed by atoms with E-state index in [4.69, 9.17) is 16.3 Å². The normalized spacial score (nSPS) is 20.2. The summed E-state index contributed by atoms with van der Waals surface area (Å²) < 4.78 is 5.36. The van der Waals surface area contributed by atoms with E-state index in [1.807, 2.05) is 23.1 Å². The molecule has 0 bridgehead atoms. The third-order valence-corrected chi connectivity index (χ3v) is 4.84. The fourth-order valence-corrected chi connectivity index (χ4v) is 3.40. The summed E-state index contributed by atoms with van der Waals surface area (Å²) in [5.41, 5.74) is 1.14. The lowest BCUT2D eigenvalue weighted by Crippen LogP contribution is -2.49. The van der Waals surface area contributed by atoms with Gasteiger partial charge in [-0.3, -0.25) is 4.79 Å². The molecule has 3 rings (SSSR count). The molecule has 1 amide bonds. The van der Waals surface area contributed by atoms with Gasteiger partial charge in [-0.25, -0.2) is 0 Å². The van der Waals surface area contributed by atoms with E-state index < -0.39 is 0 Å². The summed E-state index contributed by atoms with van der Waals surface area (Å²) in [7, 11) is 0. The van der Waals surface area contributed by atoms with Crippen molar-refractivity contribution in [3.05, 3.63) is 29.3 Å². The number of ether oxygens (including phenoxy) is 1. The third kappa shape index (κ3) is 3.93. The summed E-state index contributed by atoms with van der Waals surface area (Å²) >= 11 is 6.05. The van der Waals surface area contributed by atoms with E-state index in [1.54, 1.807) is 0 Å². The summed E-state index contributed by atoms with van der Waals surface area (Å²) in [6, 6.07) is 7.92. The van der Waals surface area contributed by atoms with Crippen molar-refractivity contribution in [3.8, 4) is 0 Å². The Balaban J connectivity index is 1.49. The number of hydrogen-bond donors (Lipinski definition) is 0. The number of carbonyl (C=O) groups excluding carboxylic acids is 1. The Kier molecular flexibility index (Phi) is 5.21. The summed E-state index contributed by atoms with van der Waals surface area (Å²) in [5, 5.41) is 0.760. The topological polar surface area (TPSA) is 32.8 Å². The molecule has 0 atom stereocenters. The number of piperazine rings is 1. The van der Waals surface area contributed by atoms with Gasteiger partial charge in [0, 0.05) is 56.5 Å². The van der Waals surface area contributed by atoms with E-state index in [9.17, 15) is 4.79 Å². The highest BCUT2D eigenvalue weighted by atomic mass is 35.5. The van der Waals surface area contributed by atoms with Gasteiger partial charge in [0.2, 0.25) is 5.91 Å². The molecule has 0 N–H and O–H groups in total. The van der Waals surface area contributed by atoms with Gasteiger partial charge in [0.15, 0.2) is 0 Å². The molecule has 120 valence electrons. The van der Waals surface area contributed by atoms with Crippen LogP contribution in [-0.2, 0) is 9.53 Å². The monoisotopic (exact) mass is 322 g/mol. The van der Waals surface area contributed by atoms with Crippen molar-refractivity contribution in [2.45, 2.75) is 19.3 Å². The van der Waals surface area contributed by atoms with Gasteiger partial charge in [-0.2, -0.15) is 0 Å². The number of amides is 1. The lowest BCUT2D eigenvalue weighted by atomic mass is 9.96. The van der Waals surface area contributed by atoms with Crippen LogP contribution < -0.4 is 4.90 Å². The largest absolute Gasteiger partial charge is 0.381 e. The van der Waals surface area contributed by atoms with Crippen LogP contribution >= 0.6 is 11.6 Å². The molecular weight excluding hydrogens is 300 g/mol. The van der Waals surface area contributed by atoms with E-state index >= 15 is 0 Å². The first-order valence-corrected chi connectivity index (χ1v) is 8.46. The Labute approximate surface area is 137 Å². The van der Waals surface area contributed by atoms with Gasteiger partial charge in [-0.05, 0) is 37.0 Å². The quantitative estimate of drug-likeness (QED) is 0.858. The smallest absolute Gasteiger partial charge is 0.222 e. The zero-order valence-electron chi connectivity index (χ0n) is 12.8. The highest BCUT2D eigenvalue weighted by Gasteiger charge is 2.24. The molecule has 2 aliphatic heterocycles. The fourth-order valence-electron chi connectivity index (χ4n) is 3.21. The maximum Gasteiger partial charge on any atom is 0.222 e. The molecule has 0 saturated carbocycles. The van der Waals surface area contributed by atoms with Gasteiger partial charge in [-0.1, -0.05) is 17.7 Å². The molecule has 5 heteroatoms. The van der Waals surface area contributed by atoms with Crippen molar-refractivity contribution >= 4 is 23.2 Å². The Morgan fingerprint density at radius 2 is 1.91 bits per heavy atom. The highest BCUT2D eigenvalue weighted by Crippen LogP contribution is 2.23. The van der Waals surface area contributed by atoms with Crippen molar-refractivity contribution < 1.29 is 9.53 Å². The van der Waals surface area contributed by atoms with Crippen LogP contribution in [0.5, 0.6) is 0 Å². The van der Waals surface area contributed by atoms with Gasteiger partial charge in [0.1, 0.15) is 0 Å². The van der Waals surface area contributed by atoms with E-state index in [2.05, 4.69) is 11.0 Å². The number of rotatable bonds is 3. The lowest BCUT2D eigenvalue weighted by Gasteiger charge is -2.37. The maximum atomic E-state index is 12.4. The minimum absolute atomic E-state index is 0.303. The second-order valence-corrected chi connectivity index (χ2v) is 6.54. The summed E-state index contributed by atoms with van der Waals surface area (Å²) in [6.07, 6.45) is 2.73. The number of hydrogen-bond acceptors (Lipinski definition) is 3.